The molecule has 0 aliphatic carbocycles. The molecule has 6 nitrogen and oxygen atoms in total. The van der Waals surface area contributed by atoms with Crippen molar-refractivity contribution >= 4 is 43.6 Å². The van der Waals surface area contributed by atoms with Crippen LogP contribution in [0.2, 0.25) is 0 Å². The van der Waals surface area contributed by atoms with E-state index in [0.717, 1.165) is 50.2 Å². The van der Waals surface area contributed by atoms with Crippen LogP contribution in [-0.2, 0) is 0 Å². The van der Waals surface area contributed by atoms with Crippen LogP contribution in [0.3, 0.4) is 0 Å². The highest BCUT2D eigenvalue weighted by molar-refractivity contribution is 6.11. The Morgan fingerprint density at radius 2 is 0.710 bits per heavy atom. The summed E-state index contributed by atoms with van der Waals surface area (Å²) < 4.78 is 4.74. The quantitative estimate of drug-likeness (QED) is 0.161. The van der Waals surface area contributed by atoms with Crippen molar-refractivity contribution in [3.05, 3.63) is 219 Å². The molecule has 0 bridgehead atoms. The second kappa shape index (κ2) is 14.7. The Balaban J connectivity index is 0.921. The lowest BCUT2D eigenvalue weighted by molar-refractivity contribution is 1.07. The molecule has 0 spiro atoms. The van der Waals surface area contributed by atoms with Crippen molar-refractivity contribution in [1.29, 1.82) is 0 Å². The number of rotatable bonds is 7. The van der Waals surface area contributed by atoms with Gasteiger partial charge in [-0.2, -0.15) is 0 Å². The molecule has 4 heterocycles. The third-order valence-corrected chi connectivity index (χ3v) is 11.8. The third-order valence-electron chi connectivity index (χ3n) is 11.8. The second-order valence-electron chi connectivity index (χ2n) is 15.6. The van der Waals surface area contributed by atoms with Crippen molar-refractivity contribution in [2.24, 2.45) is 0 Å². The Morgan fingerprint density at radius 1 is 0.258 bits per heavy atom. The fraction of sp³-hybridized carbons (Fsp3) is 0. The summed E-state index contributed by atoms with van der Waals surface area (Å²) in [6.45, 7) is 0. The van der Waals surface area contributed by atoms with Gasteiger partial charge >= 0.3 is 0 Å². The van der Waals surface area contributed by atoms with Gasteiger partial charge in [-0.3, -0.25) is 4.98 Å². The molecule has 62 heavy (non-hydrogen) atoms. The summed E-state index contributed by atoms with van der Waals surface area (Å²) in [5, 5.41) is 4.86. The zero-order valence-electron chi connectivity index (χ0n) is 33.5. The molecule has 0 aliphatic rings. The van der Waals surface area contributed by atoms with Crippen LogP contribution in [0, 0.1) is 0 Å². The number of aromatic nitrogens is 6. The Kier molecular flexibility index (Phi) is 8.38. The summed E-state index contributed by atoms with van der Waals surface area (Å²) in [6, 6.07) is 72.6. The lowest BCUT2D eigenvalue weighted by Gasteiger charge is -2.11. The predicted molar refractivity (Wildman–Crippen MR) is 253 cm³/mol. The van der Waals surface area contributed by atoms with Gasteiger partial charge in [-0.05, 0) is 77.4 Å². The maximum absolute atomic E-state index is 4.96. The van der Waals surface area contributed by atoms with Gasteiger partial charge in [0, 0.05) is 67.6 Å². The van der Waals surface area contributed by atoms with Crippen molar-refractivity contribution in [1.82, 2.24) is 29.1 Å². The number of benzene rings is 8. The zero-order chi connectivity index (χ0) is 41.0. The van der Waals surface area contributed by atoms with Gasteiger partial charge in [-0.15, -0.1) is 0 Å². The predicted octanol–water partition coefficient (Wildman–Crippen LogP) is 13.8. The summed E-state index contributed by atoms with van der Waals surface area (Å²) in [6.07, 6.45) is 3.74. The monoisotopic (exact) mass is 792 g/mol. The van der Waals surface area contributed by atoms with Crippen LogP contribution < -0.4 is 0 Å². The Hall–Kier alpha value is -8.48. The maximum Gasteiger partial charge on any atom is 0.165 e. The van der Waals surface area contributed by atoms with Gasteiger partial charge in [0.15, 0.2) is 17.5 Å². The van der Waals surface area contributed by atoms with E-state index in [0.29, 0.717) is 17.5 Å². The highest BCUT2D eigenvalue weighted by Crippen LogP contribution is 2.38. The Morgan fingerprint density at radius 3 is 1.37 bits per heavy atom. The smallest absolute Gasteiger partial charge is 0.165 e. The Labute approximate surface area is 357 Å². The molecule has 4 aromatic heterocycles. The number of hydrogen-bond acceptors (Lipinski definition) is 4. The number of para-hydroxylation sites is 3. The number of fused-ring (bicyclic) bond motifs is 6. The van der Waals surface area contributed by atoms with Gasteiger partial charge in [0.25, 0.3) is 0 Å². The molecule has 0 fully saturated rings. The van der Waals surface area contributed by atoms with Crippen molar-refractivity contribution < 1.29 is 0 Å². The molecule has 290 valence electrons. The fourth-order valence-electron chi connectivity index (χ4n) is 8.90. The van der Waals surface area contributed by atoms with Gasteiger partial charge in [-0.25, -0.2) is 15.0 Å². The second-order valence-corrected chi connectivity index (χ2v) is 15.6. The van der Waals surface area contributed by atoms with Crippen molar-refractivity contribution in [3.8, 4) is 67.8 Å². The van der Waals surface area contributed by atoms with E-state index < -0.39 is 0 Å². The van der Waals surface area contributed by atoms with E-state index in [4.69, 9.17) is 19.9 Å². The summed E-state index contributed by atoms with van der Waals surface area (Å²) in [5.74, 6) is 1.82. The van der Waals surface area contributed by atoms with E-state index in [2.05, 4.69) is 155 Å². The summed E-state index contributed by atoms with van der Waals surface area (Å²) in [5.41, 5.74) is 14.0. The molecule has 0 atom stereocenters. The molecule has 0 saturated heterocycles. The van der Waals surface area contributed by atoms with E-state index in [9.17, 15) is 0 Å². The lowest BCUT2D eigenvalue weighted by Crippen LogP contribution is -2.00. The first-order valence-corrected chi connectivity index (χ1v) is 20.8. The highest BCUT2D eigenvalue weighted by atomic mass is 15.0. The third kappa shape index (κ3) is 6.04. The molecule has 0 saturated carbocycles. The molecule has 0 N–H and O–H groups in total. The van der Waals surface area contributed by atoms with E-state index in [1.54, 1.807) is 0 Å². The molecule has 8 aromatic carbocycles. The average Bonchev–Trinajstić information content (AvgIpc) is 3.87. The number of hydrogen-bond donors (Lipinski definition) is 0. The molecule has 6 heteroatoms. The highest BCUT2D eigenvalue weighted by Gasteiger charge is 2.17. The van der Waals surface area contributed by atoms with Gasteiger partial charge in [0.2, 0.25) is 0 Å². The standard InChI is InChI=1S/C56H36N6/c1-4-14-38(15-5-1)54-58-55(39-16-6-2-7-17-39)60-56(59-54)43-32-42(35-57-36-43)40-27-31-52-49(33-40)47-21-11-13-23-51(47)61(52)45-28-24-37(25-29-45)41-26-30-48-46-20-10-12-22-50(46)62(53(48)34-41)44-18-8-3-9-19-44/h1-36H. The van der Waals surface area contributed by atoms with Gasteiger partial charge < -0.3 is 9.13 Å². The summed E-state index contributed by atoms with van der Waals surface area (Å²) in [4.78, 5) is 19.5. The van der Waals surface area contributed by atoms with Crippen LogP contribution in [-0.4, -0.2) is 29.1 Å². The molecule has 12 rings (SSSR count). The molecule has 0 unspecified atom stereocenters. The normalized spacial score (nSPS) is 11.5. The van der Waals surface area contributed by atoms with Crippen molar-refractivity contribution in [2.75, 3.05) is 0 Å². The molecular weight excluding hydrogens is 757 g/mol. The van der Waals surface area contributed by atoms with Crippen LogP contribution in [0.25, 0.3) is 111 Å². The lowest BCUT2D eigenvalue weighted by atomic mass is 10.0. The minimum absolute atomic E-state index is 0.576. The first kappa shape index (κ1) is 35.5. The molecule has 12 aromatic rings. The first-order valence-electron chi connectivity index (χ1n) is 20.8. The SMILES string of the molecule is c1ccc(-c2nc(-c3ccccc3)nc(-c3cncc(-c4ccc5c(c4)c4ccccc4n5-c4ccc(-c5ccc6c7ccccc7n(-c7ccccc7)c6c5)cc4)c3)n2)cc1. The van der Waals surface area contributed by atoms with Crippen LogP contribution >= 0.6 is 0 Å². The van der Waals surface area contributed by atoms with Gasteiger partial charge in [0.1, 0.15) is 0 Å². The molecular formula is C56H36N6. The van der Waals surface area contributed by atoms with E-state index in [-0.39, 0.29) is 0 Å². The average molecular weight is 793 g/mol. The summed E-state index contributed by atoms with van der Waals surface area (Å²) in [7, 11) is 0. The molecule has 0 aliphatic heterocycles. The number of nitrogens with zero attached hydrogens (tertiary/aromatic N) is 6. The van der Waals surface area contributed by atoms with E-state index >= 15 is 0 Å². The van der Waals surface area contributed by atoms with Crippen molar-refractivity contribution in [3.63, 3.8) is 0 Å². The zero-order valence-corrected chi connectivity index (χ0v) is 33.5. The fourth-order valence-corrected chi connectivity index (χ4v) is 8.90. The van der Waals surface area contributed by atoms with Crippen molar-refractivity contribution in [2.45, 2.75) is 0 Å². The van der Waals surface area contributed by atoms with Crippen LogP contribution in [0.1, 0.15) is 0 Å². The topological polar surface area (TPSA) is 61.4 Å². The maximum atomic E-state index is 4.96. The van der Waals surface area contributed by atoms with Crippen LogP contribution in [0.15, 0.2) is 219 Å². The van der Waals surface area contributed by atoms with Gasteiger partial charge in [0.05, 0.1) is 22.1 Å². The Bertz CT molecular complexity index is 3550. The van der Waals surface area contributed by atoms with E-state index in [1.807, 2.05) is 73.1 Å². The minimum Gasteiger partial charge on any atom is -0.309 e. The summed E-state index contributed by atoms with van der Waals surface area (Å²) >= 11 is 0. The van der Waals surface area contributed by atoms with Crippen LogP contribution in [0.5, 0.6) is 0 Å². The molecule has 0 radical (unpaired) electrons. The van der Waals surface area contributed by atoms with Crippen LogP contribution in [0.4, 0.5) is 0 Å². The minimum atomic E-state index is 0.576. The number of pyridine rings is 1. The van der Waals surface area contributed by atoms with E-state index in [1.165, 1.54) is 43.7 Å². The first-order chi connectivity index (χ1) is 30.7. The largest absolute Gasteiger partial charge is 0.309 e. The molecule has 0 amide bonds. The van der Waals surface area contributed by atoms with Gasteiger partial charge in [-0.1, -0.05) is 146 Å².